The monoisotopic (exact) mass is 279 g/mol. The van der Waals surface area contributed by atoms with Gasteiger partial charge in [-0.25, -0.2) is 0 Å². The van der Waals surface area contributed by atoms with Crippen LogP contribution in [0.2, 0.25) is 5.02 Å². The number of halogens is 4. The molecule has 0 fully saturated rings. The molecule has 0 aliphatic rings. The van der Waals surface area contributed by atoms with Gasteiger partial charge in [-0.3, -0.25) is 0 Å². The molecule has 1 atom stereocenters. The van der Waals surface area contributed by atoms with E-state index in [-0.39, 0.29) is 12.5 Å². The maximum atomic E-state index is 12.0. The number of rotatable bonds is 5. The third kappa shape index (κ3) is 5.63. The van der Waals surface area contributed by atoms with E-state index in [0.29, 0.717) is 11.4 Å². The first-order valence-electron chi connectivity index (χ1n) is 5.87. The predicted octanol–water partition coefficient (Wildman–Crippen LogP) is 5.18. The molecule has 0 amide bonds. The van der Waals surface area contributed by atoms with Crippen molar-refractivity contribution in [1.29, 1.82) is 0 Å². The molecule has 1 unspecified atom stereocenters. The molecule has 1 nitrogen and oxygen atoms in total. The highest BCUT2D eigenvalue weighted by atomic mass is 35.5. The van der Waals surface area contributed by atoms with Crippen LogP contribution in [-0.2, 0) is 0 Å². The summed E-state index contributed by atoms with van der Waals surface area (Å²) in [4.78, 5) is 0. The van der Waals surface area contributed by atoms with E-state index < -0.39 is 12.6 Å². The molecule has 0 heterocycles. The molecule has 0 saturated heterocycles. The summed E-state index contributed by atoms with van der Waals surface area (Å²) in [5.41, 5.74) is 1.82. The van der Waals surface area contributed by atoms with E-state index in [4.69, 9.17) is 11.6 Å². The van der Waals surface area contributed by atoms with E-state index >= 15 is 0 Å². The minimum absolute atomic E-state index is 0.00822. The SMILES string of the molecule is Cc1ccc(NC(C)CCCC(F)(F)F)cc1Cl. The summed E-state index contributed by atoms with van der Waals surface area (Å²) >= 11 is 5.97. The van der Waals surface area contributed by atoms with E-state index in [2.05, 4.69) is 5.32 Å². The summed E-state index contributed by atoms with van der Waals surface area (Å²) in [5, 5.41) is 3.80. The van der Waals surface area contributed by atoms with Crippen LogP contribution in [0.4, 0.5) is 18.9 Å². The normalized spacial score (nSPS) is 13.4. The summed E-state index contributed by atoms with van der Waals surface area (Å²) in [5.74, 6) is 0. The second kappa shape index (κ2) is 6.32. The molecule has 1 aromatic carbocycles. The molecule has 18 heavy (non-hydrogen) atoms. The van der Waals surface area contributed by atoms with Crippen molar-refractivity contribution in [2.24, 2.45) is 0 Å². The topological polar surface area (TPSA) is 12.0 Å². The van der Waals surface area contributed by atoms with Crippen LogP contribution in [0.3, 0.4) is 0 Å². The summed E-state index contributed by atoms with van der Waals surface area (Å²) in [6.07, 6.45) is -4.18. The Bertz CT molecular complexity index is 390. The van der Waals surface area contributed by atoms with Crippen LogP contribution in [0.5, 0.6) is 0 Å². The minimum Gasteiger partial charge on any atom is -0.383 e. The Balaban J connectivity index is 2.40. The van der Waals surface area contributed by atoms with E-state index in [1.165, 1.54) is 0 Å². The molecule has 1 aromatic rings. The van der Waals surface area contributed by atoms with Gasteiger partial charge in [-0.2, -0.15) is 13.2 Å². The Morgan fingerprint density at radius 2 is 2.00 bits per heavy atom. The molecular formula is C13H17ClF3N. The fourth-order valence-electron chi connectivity index (χ4n) is 1.65. The first-order chi connectivity index (χ1) is 8.28. The van der Waals surface area contributed by atoms with Gasteiger partial charge < -0.3 is 5.32 Å². The van der Waals surface area contributed by atoms with E-state index in [9.17, 15) is 13.2 Å². The number of alkyl halides is 3. The zero-order valence-corrected chi connectivity index (χ0v) is 11.2. The summed E-state index contributed by atoms with van der Waals surface area (Å²) in [6, 6.07) is 5.54. The number of benzene rings is 1. The molecule has 0 spiro atoms. The molecule has 0 aliphatic carbocycles. The number of hydrogen-bond donors (Lipinski definition) is 1. The molecule has 0 radical (unpaired) electrons. The lowest BCUT2D eigenvalue weighted by atomic mass is 10.1. The van der Waals surface area contributed by atoms with E-state index in [1.807, 2.05) is 26.0 Å². The Morgan fingerprint density at radius 1 is 1.33 bits per heavy atom. The van der Waals surface area contributed by atoms with Crippen molar-refractivity contribution in [3.63, 3.8) is 0 Å². The summed E-state index contributed by atoms with van der Waals surface area (Å²) < 4.78 is 36.0. The Kier molecular flexibility index (Phi) is 5.32. The van der Waals surface area contributed by atoms with Gasteiger partial charge in [-0.1, -0.05) is 17.7 Å². The average molecular weight is 280 g/mol. The first kappa shape index (κ1) is 15.2. The van der Waals surface area contributed by atoms with Crippen molar-refractivity contribution in [2.45, 2.75) is 45.3 Å². The number of anilines is 1. The van der Waals surface area contributed by atoms with Crippen molar-refractivity contribution < 1.29 is 13.2 Å². The first-order valence-corrected chi connectivity index (χ1v) is 6.25. The van der Waals surface area contributed by atoms with Gasteiger partial charge in [0.15, 0.2) is 0 Å². The maximum Gasteiger partial charge on any atom is 0.389 e. The molecule has 102 valence electrons. The van der Waals surface area contributed by atoms with Crippen LogP contribution >= 0.6 is 11.6 Å². The zero-order valence-electron chi connectivity index (χ0n) is 10.4. The third-order valence-corrected chi connectivity index (χ3v) is 3.09. The fourth-order valence-corrected chi connectivity index (χ4v) is 1.83. The highest BCUT2D eigenvalue weighted by molar-refractivity contribution is 6.31. The van der Waals surface area contributed by atoms with Crippen LogP contribution in [0.25, 0.3) is 0 Å². The van der Waals surface area contributed by atoms with Crippen molar-refractivity contribution in [1.82, 2.24) is 0 Å². The second-order valence-electron chi connectivity index (χ2n) is 4.52. The highest BCUT2D eigenvalue weighted by Crippen LogP contribution is 2.24. The van der Waals surface area contributed by atoms with Gasteiger partial charge in [0.1, 0.15) is 0 Å². The van der Waals surface area contributed by atoms with Gasteiger partial charge >= 0.3 is 6.18 Å². The molecular weight excluding hydrogens is 263 g/mol. The van der Waals surface area contributed by atoms with E-state index in [0.717, 1.165) is 11.3 Å². The quantitative estimate of drug-likeness (QED) is 0.783. The Labute approximate surface area is 110 Å². The predicted molar refractivity (Wildman–Crippen MR) is 69.2 cm³/mol. The lowest BCUT2D eigenvalue weighted by molar-refractivity contribution is -0.135. The molecule has 0 bridgehead atoms. The molecule has 0 saturated carbocycles. The summed E-state index contributed by atoms with van der Waals surface area (Å²) in [6.45, 7) is 3.77. The smallest absolute Gasteiger partial charge is 0.383 e. The third-order valence-electron chi connectivity index (χ3n) is 2.68. The van der Waals surface area contributed by atoms with Crippen molar-refractivity contribution in [3.8, 4) is 0 Å². The lowest BCUT2D eigenvalue weighted by Crippen LogP contribution is -2.16. The van der Waals surface area contributed by atoms with Gasteiger partial charge in [0.25, 0.3) is 0 Å². The molecule has 1 rings (SSSR count). The molecule has 0 aliphatic heterocycles. The highest BCUT2D eigenvalue weighted by Gasteiger charge is 2.26. The second-order valence-corrected chi connectivity index (χ2v) is 4.92. The maximum absolute atomic E-state index is 12.0. The Hall–Kier alpha value is -0.900. The van der Waals surface area contributed by atoms with Crippen molar-refractivity contribution in [3.05, 3.63) is 28.8 Å². The lowest BCUT2D eigenvalue weighted by Gasteiger charge is -2.16. The van der Waals surface area contributed by atoms with E-state index in [1.54, 1.807) is 6.07 Å². The van der Waals surface area contributed by atoms with Gasteiger partial charge in [0.2, 0.25) is 0 Å². The number of aryl methyl sites for hydroxylation is 1. The van der Waals surface area contributed by atoms with Gasteiger partial charge in [-0.15, -0.1) is 0 Å². The molecule has 5 heteroatoms. The van der Waals surface area contributed by atoms with Gasteiger partial charge in [-0.05, 0) is 44.4 Å². The van der Waals surface area contributed by atoms with Crippen molar-refractivity contribution in [2.75, 3.05) is 5.32 Å². The zero-order chi connectivity index (χ0) is 13.8. The van der Waals surface area contributed by atoms with Crippen LogP contribution < -0.4 is 5.32 Å². The van der Waals surface area contributed by atoms with Crippen molar-refractivity contribution >= 4 is 17.3 Å². The van der Waals surface area contributed by atoms with Crippen LogP contribution in [0.15, 0.2) is 18.2 Å². The van der Waals surface area contributed by atoms with Crippen LogP contribution in [0.1, 0.15) is 31.7 Å². The molecule has 1 N–H and O–H groups in total. The molecule has 0 aromatic heterocycles. The number of hydrogen-bond acceptors (Lipinski definition) is 1. The number of nitrogens with one attached hydrogen (secondary N) is 1. The summed E-state index contributed by atoms with van der Waals surface area (Å²) in [7, 11) is 0. The standard InChI is InChI=1S/C13H17ClF3N/c1-9-5-6-11(8-12(9)14)18-10(2)4-3-7-13(15,16)17/h5-6,8,10,18H,3-4,7H2,1-2H3. The van der Waals surface area contributed by atoms with Gasteiger partial charge in [0, 0.05) is 23.2 Å². The van der Waals surface area contributed by atoms with Crippen LogP contribution in [0, 0.1) is 6.92 Å². The van der Waals surface area contributed by atoms with Gasteiger partial charge in [0.05, 0.1) is 0 Å². The fraction of sp³-hybridized carbons (Fsp3) is 0.538. The minimum atomic E-state index is -4.06. The average Bonchev–Trinajstić information content (AvgIpc) is 2.21. The largest absolute Gasteiger partial charge is 0.389 e. The Morgan fingerprint density at radius 3 is 2.56 bits per heavy atom. The van der Waals surface area contributed by atoms with Crippen LogP contribution in [-0.4, -0.2) is 12.2 Å².